The normalized spacial score (nSPS) is 10.6. The average Bonchev–Trinajstić information content (AvgIpc) is 3.56. The van der Waals surface area contributed by atoms with E-state index in [0.717, 1.165) is 11.3 Å². The maximum atomic E-state index is 13.9. The number of carbonyl (C=O) groups is 2. The standard InChI is InChI=1S/C25H20FN3O5/c1-15-16(2)29(13-17-6-5-11-32-17)24(19(15)12-27)28-23(30)14-33-25(31)22-10-9-21(34-22)18-7-3-4-8-20(18)26/h3-11H,13-14H2,1-2H3,(H,28,30). The zero-order chi connectivity index (χ0) is 24.2. The number of rotatable bonds is 7. The van der Waals surface area contributed by atoms with Gasteiger partial charge in [-0.15, -0.1) is 0 Å². The Bertz CT molecular complexity index is 1390. The van der Waals surface area contributed by atoms with E-state index in [2.05, 4.69) is 11.4 Å². The van der Waals surface area contributed by atoms with E-state index in [1.165, 1.54) is 30.5 Å². The summed E-state index contributed by atoms with van der Waals surface area (Å²) in [4.78, 5) is 24.9. The van der Waals surface area contributed by atoms with Gasteiger partial charge in [0.2, 0.25) is 5.76 Å². The van der Waals surface area contributed by atoms with Crippen LogP contribution in [0.25, 0.3) is 11.3 Å². The Morgan fingerprint density at radius 3 is 2.65 bits per heavy atom. The third-order valence-corrected chi connectivity index (χ3v) is 5.37. The maximum absolute atomic E-state index is 13.9. The molecule has 9 heteroatoms. The molecule has 3 aromatic heterocycles. The van der Waals surface area contributed by atoms with Crippen LogP contribution in [0.1, 0.15) is 33.1 Å². The smallest absolute Gasteiger partial charge is 0.374 e. The number of furan rings is 2. The second-order valence-electron chi connectivity index (χ2n) is 7.48. The predicted molar refractivity (Wildman–Crippen MR) is 119 cm³/mol. The fraction of sp³-hybridized carbons (Fsp3) is 0.160. The minimum atomic E-state index is -0.878. The van der Waals surface area contributed by atoms with Crippen molar-refractivity contribution in [3.05, 3.63) is 89.0 Å². The topological polar surface area (TPSA) is 110 Å². The Labute approximate surface area is 194 Å². The number of hydrogen-bond donors (Lipinski definition) is 1. The van der Waals surface area contributed by atoms with Crippen molar-refractivity contribution in [1.29, 1.82) is 5.26 Å². The van der Waals surface area contributed by atoms with Gasteiger partial charge in [-0.05, 0) is 55.8 Å². The van der Waals surface area contributed by atoms with Gasteiger partial charge in [0.25, 0.3) is 5.91 Å². The molecular formula is C25H20FN3O5. The molecule has 0 saturated carbocycles. The molecule has 0 aliphatic heterocycles. The number of halogens is 1. The minimum absolute atomic E-state index is 0.162. The largest absolute Gasteiger partial charge is 0.467 e. The monoisotopic (exact) mass is 461 g/mol. The second kappa shape index (κ2) is 9.50. The second-order valence-corrected chi connectivity index (χ2v) is 7.48. The number of nitriles is 1. The molecule has 0 aliphatic carbocycles. The van der Waals surface area contributed by atoms with Crippen molar-refractivity contribution in [3.63, 3.8) is 0 Å². The van der Waals surface area contributed by atoms with Gasteiger partial charge in [-0.1, -0.05) is 12.1 Å². The highest BCUT2D eigenvalue weighted by Gasteiger charge is 2.22. The van der Waals surface area contributed by atoms with Crippen LogP contribution in [0.5, 0.6) is 0 Å². The number of anilines is 1. The molecule has 0 atom stereocenters. The quantitative estimate of drug-likeness (QED) is 0.396. The molecule has 3 heterocycles. The maximum Gasteiger partial charge on any atom is 0.374 e. The molecule has 0 aliphatic rings. The third kappa shape index (κ3) is 4.47. The van der Waals surface area contributed by atoms with E-state index in [-0.39, 0.29) is 22.9 Å². The number of benzene rings is 1. The third-order valence-electron chi connectivity index (χ3n) is 5.37. The molecule has 1 N–H and O–H groups in total. The first-order chi connectivity index (χ1) is 16.4. The van der Waals surface area contributed by atoms with E-state index in [1.807, 2.05) is 6.92 Å². The van der Waals surface area contributed by atoms with Gasteiger partial charge in [-0.25, -0.2) is 9.18 Å². The van der Waals surface area contributed by atoms with Gasteiger partial charge in [0.05, 0.1) is 23.9 Å². The molecule has 0 unspecified atom stereocenters. The lowest BCUT2D eigenvalue weighted by Crippen LogP contribution is -2.23. The van der Waals surface area contributed by atoms with Gasteiger partial charge < -0.3 is 23.5 Å². The first kappa shape index (κ1) is 22.6. The van der Waals surface area contributed by atoms with E-state index in [0.29, 0.717) is 17.9 Å². The number of nitrogens with zero attached hydrogens (tertiary/aromatic N) is 2. The molecular weight excluding hydrogens is 441 g/mol. The van der Waals surface area contributed by atoms with E-state index >= 15 is 0 Å². The molecule has 0 spiro atoms. The van der Waals surface area contributed by atoms with Crippen LogP contribution in [-0.4, -0.2) is 23.1 Å². The Balaban J connectivity index is 1.45. The molecule has 0 saturated heterocycles. The molecule has 0 bridgehead atoms. The zero-order valence-electron chi connectivity index (χ0n) is 18.4. The van der Waals surface area contributed by atoms with E-state index < -0.39 is 24.3 Å². The van der Waals surface area contributed by atoms with Crippen molar-refractivity contribution >= 4 is 17.7 Å². The van der Waals surface area contributed by atoms with Gasteiger partial charge in [0, 0.05) is 5.69 Å². The predicted octanol–water partition coefficient (Wildman–Crippen LogP) is 4.81. The van der Waals surface area contributed by atoms with Crippen molar-refractivity contribution in [3.8, 4) is 17.4 Å². The zero-order valence-corrected chi connectivity index (χ0v) is 18.4. The van der Waals surface area contributed by atoms with Crippen LogP contribution in [-0.2, 0) is 16.1 Å². The number of hydrogen-bond acceptors (Lipinski definition) is 6. The number of ether oxygens (including phenoxy) is 1. The Kier molecular flexibility index (Phi) is 6.32. The highest BCUT2D eigenvalue weighted by Crippen LogP contribution is 2.28. The van der Waals surface area contributed by atoms with E-state index in [1.54, 1.807) is 35.8 Å². The summed E-state index contributed by atoms with van der Waals surface area (Å²) in [5, 5.41) is 12.2. The number of aromatic nitrogens is 1. The molecule has 0 fully saturated rings. The molecule has 1 aromatic carbocycles. The summed E-state index contributed by atoms with van der Waals surface area (Å²) in [6.07, 6.45) is 1.54. The number of esters is 1. The van der Waals surface area contributed by atoms with Gasteiger partial charge >= 0.3 is 5.97 Å². The lowest BCUT2D eigenvalue weighted by atomic mass is 10.1. The lowest BCUT2D eigenvalue weighted by molar-refractivity contribution is -0.119. The summed E-state index contributed by atoms with van der Waals surface area (Å²) in [6.45, 7) is 3.32. The molecule has 1 amide bonds. The van der Waals surface area contributed by atoms with Crippen molar-refractivity contribution in [2.24, 2.45) is 0 Å². The van der Waals surface area contributed by atoms with E-state index in [9.17, 15) is 19.2 Å². The van der Waals surface area contributed by atoms with Crippen molar-refractivity contribution in [2.75, 3.05) is 11.9 Å². The van der Waals surface area contributed by atoms with Crippen LogP contribution < -0.4 is 5.32 Å². The first-order valence-electron chi connectivity index (χ1n) is 10.3. The SMILES string of the molecule is Cc1c(C#N)c(NC(=O)COC(=O)c2ccc(-c3ccccc3F)o2)n(Cc2ccco2)c1C. The molecule has 172 valence electrons. The van der Waals surface area contributed by atoms with Crippen LogP contribution in [0, 0.1) is 31.0 Å². The van der Waals surface area contributed by atoms with Crippen LogP contribution in [0.15, 0.2) is 63.6 Å². The summed E-state index contributed by atoms with van der Waals surface area (Å²) in [5.41, 5.74) is 2.02. The fourth-order valence-corrected chi connectivity index (χ4v) is 3.51. The Hall–Kier alpha value is -4.58. The lowest BCUT2D eigenvalue weighted by Gasteiger charge is -2.12. The Morgan fingerprint density at radius 2 is 1.94 bits per heavy atom. The number of amides is 1. The van der Waals surface area contributed by atoms with Gasteiger partial charge in [0.15, 0.2) is 6.61 Å². The van der Waals surface area contributed by atoms with Crippen LogP contribution in [0.2, 0.25) is 0 Å². The molecule has 4 aromatic rings. The van der Waals surface area contributed by atoms with Crippen molar-refractivity contribution in [2.45, 2.75) is 20.4 Å². The van der Waals surface area contributed by atoms with Crippen LogP contribution in [0.4, 0.5) is 10.2 Å². The highest BCUT2D eigenvalue weighted by molar-refractivity contribution is 5.95. The summed E-state index contributed by atoms with van der Waals surface area (Å²) >= 11 is 0. The molecule has 8 nitrogen and oxygen atoms in total. The molecule has 0 radical (unpaired) electrons. The van der Waals surface area contributed by atoms with Gasteiger partial charge in [-0.3, -0.25) is 4.79 Å². The van der Waals surface area contributed by atoms with Crippen LogP contribution >= 0.6 is 0 Å². The van der Waals surface area contributed by atoms with E-state index in [4.69, 9.17) is 13.6 Å². The minimum Gasteiger partial charge on any atom is -0.467 e. The van der Waals surface area contributed by atoms with Crippen molar-refractivity contribution in [1.82, 2.24) is 4.57 Å². The number of nitrogens with one attached hydrogen (secondary N) is 1. The number of carbonyl (C=O) groups excluding carboxylic acids is 2. The van der Waals surface area contributed by atoms with Gasteiger partial charge in [-0.2, -0.15) is 5.26 Å². The summed E-state index contributed by atoms with van der Waals surface area (Å²) < 4.78 is 31.5. The van der Waals surface area contributed by atoms with Gasteiger partial charge in [0.1, 0.15) is 29.2 Å². The summed E-state index contributed by atoms with van der Waals surface area (Å²) in [6, 6.07) is 14.4. The fourth-order valence-electron chi connectivity index (χ4n) is 3.51. The first-order valence-corrected chi connectivity index (χ1v) is 10.3. The highest BCUT2D eigenvalue weighted by atomic mass is 19.1. The average molecular weight is 461 g/mol. The summed E-state index contributed by atoms with van der Waals surface area (Å²) in [7, 11) is 0. The van der Waals surface area contributed by atoms with Crippen LogP contribution in [0.3, 0.4) is 0 Å². The Morgan fingerprint density at radius 1 is 1.15 bits per heavy atom. The molecule has 4 rings (SSSR count). The summed E-state index contributed by atoms with van der Waals surface area (Å²) in [5.74, 6) is -1.08. The van der Waals surface area contributed by atoms with Crippen molar-refractivity contribution < 1.29 is 27.6 Å². The molecule has 34 heavy (non-hydrogen) atoms.